The molecule has 0 aromatic heterocycles. The molecule has 0 spiro atoms. The van der Waals surface area contributed by atoms with Crippen molar-refractivity contribution in [1.82, 2.24) is 0 Å². The van der Waals surface area contributed by atoms with E-state index in [1.54, 1.807) is 0 Å². The predicted molar refractivity (Wildman–Crippen MR) is 414 cm³/mol. The van der Waals surface area contributed by atoms with Crippen molar-refractivity contribution in [2.75, 3.05) is 39.6 Å². The van der Waals surface area contributed by atoms with Gasteiger partial charge in [-0.3, -0.25) is 37.3 Å². The topological polar surface area (TPSA) is 237 Å². The van der Waals surface area contributed by atoms with E-state index < -0.39 is 97.5 Å². The van der Waals surface area contributed by atoms with Crippen molar-refractivity contribution >= 4 is 39.5 Å². The number of hydrogen-bond donors (Lipinski definition) is 3. The number of esters is 4. The molecule has 19 heteroatoms. The lowest BCUT2D eigenvalue weighted by Gasteiger charge is -2.21. The van der Waals surface area contributed by atoms with Crippen LogP contribution >= 0.6 is 15.6 Å². The van der Waals surface area contributed by atoms with E-state index in [0.29, 0.717) is 25.7 Å². The van der Waals surface area contributed by atoms with E-state index in [9.17, 15) is 43.2 Å². The fraction of sp³-hybridized carbons (Fsp3) is 0.951. The third-order valence-corrected chi connectivity index (χ3v) is 21.5. The van der Waals surface area contributed by atoms with Gasteiger partial charge in [-0.1, -0.05) is 388 Å². The summed E-state index contributed by atoms with van der Waals surface area (Å²) in [5, 5.41) is 10.6. The quantitative estimate of drug-likeness (QED) is 0.0222. The first-order valence-electron chi connectivity index (χ1n) is 42.7. The maximum Gasteiger partial charge on any atom is 0.472 e. The molecule has 3 N–H and O–H groups in total. The summed E-state index contributed by atoms with van der Waals surface area (Å²) >= 11 is 0. The lowest BCUT2D eigenvalue weighted by atomic mass is 10.00. The Morgan fingerprint density at radius 1 is 0.277 bits per heavy atom. The van der Waals surface area contributed by atoms with Crippen molar-refractivity contribution < 1.29 is 80.2 Å². The van der Waals surface area contributed by atoms with Crippen LogP contribution in [0.25, 0.3) is 0 Å². The highest BCUT2D eigenvalue weighted by Gasteiger charge is 2.30. The molecule has 0 rings (SSSR count). The Labute approximate surface area is 619 Å². The van der Waals surface area contributed by atoms with Crippen LogP contribution in [0.15, 0.2) is 0 Å². The summed E-state index contributed by atoms with van der Waals surface area (Å²) in [6, 6.07) is 0. The van der Waals surface area contributed by atoms with Gasteiger partial charge in [0.25, 0.3) is 0 Å². The zero-order valence-electron chi connectivity index (χ0n) is 66.1. The standard InChI is InChI=1S/C82H160O17P2/c1-6-10-13-16-19-22-25-27-29-31-33-35-37-39-41-43-45-48-51-57-62-67-81(86)98-77(71-92-80(85)66-61-56-50-47-44-42-40-38-36-34-32-30-28-26-23-20-17-14-11-7-2)73-96-100(88,89)94-69-76(83)70-95-101(90,91)97-74-78(99-82(87)68-63-58-53-52-54-59-64-75(5)9-4)72-93-79(84)65-60-55-49-46-24-21-18-15-12-8-3/h75-78,83H,6-74H2,1-5H3,(H,88,89)(H,90,91)/t75?,76-,77-,78-/m1/s1. The summed E-state index contributed by atoms with van der Waals surface area (Å²) in [5.74, 6) is -1.39. The summed E-state index contributed by atoms with van der Waals surface area (Å²) < 4.78 is 68.7. The first-order valence-corrected chi connectivity index (χ1v) is 45.7. The van der Waals surface area contributed by atoms with Crippen LogP contribution in [0.1, 0.15) is 439 Å². The van der Waals surface area contributed by atoms with Gasteiger partial charge in [-0.15, -0.1) is 0 Å². The number of phosphoric ester groups is 2. The first kappa shape index (κ1) is 99.1. The number of ether oxygens (including phenoxy) is 4. The summed E-state index contributed by atoms with van der Waals surface area (Å²) in [7, 11) is -9.92. The van der Waals surface area contributed by atoms with E-state index in [1.807, 2.05) is 0 Å². The number of phosphoric acid groups is 2. The van der Waals surface area contributed by atoms with Gasteiger partial charge >= 0.3 is 39.5 Å². The average Bonchev–Trinajstić information content (AvgIpc) is 1.37. The highest BCUT2D eigenvalue weighted by Crippen LogP contribution is 2.45. The van der Waals surface area contributed by atoms with Crippen molar-refractivity contribution in [2.45, 2.75) is 457 Å². The molecule has 600 valence electrons. The second kappa shape index (κ2) is 74.9. The van der Waals surface area contributed by atoms with E-state index in [0.717, 1.165) is 95.8 Å². The summed E-state index contributed by atoms with van der Waals surface area (Å²) in [4.78, 5) is 72.9. The van der Waals surface area contributed by atoms with Gasteiger partial charge in [0.15, 0.2) is 12.2 Å². The largest absolute Gasteiger partial charge is 0.472 e. The second-order valence-electron chi connectivity index (χ2n) is 29.8. The SMILES string of the molecule is CCCCCCCCCCCCCCCCCCCCCCCC(=O)O[C@H](COC(=O)CCCCCCCCCCCCCCCCCCCCCC)COP(=O)(O)OC[C@@H](O)COP(=O)(O)OC[C@@H](COC(=O)CCCCCCCCCCCC)OC(=O)CCCCCCCCC(C)CC. The van der Waals surface area contributed by atoms with Crippen LogP contribution < -0.4 is 0 Å². The molecule has 0 amide bonds. The minimum Gasteiger partial charge on any atom is -0.462 e. The fourth-order valence-corrected chi connectivity index (χ4v) is 14.3. The zero-order valence-corrected chi connectivity index (χ0v) is 67.8. The Hall–Kier alpha value is -1.94. The van der Waals surface area contributed by atoms with Crippen molar-refractivity contribution in [1.29, 1.82) is 0 Å². The van der Waals surface area contributed by atoms with Crippen molar-refractivity contribution in [3.8, 4) is 0 Å². The molecule has 0 radical (unpaired) electrons. The van der Waals surface area contributed by atoms with Crippen LogP contribution in [0.4, 0.5) is 0 Å². The monoisotopic (exact) mass is 1480 g/mol. The molecule has 6 atom stereocenters. The number of rotatable bonds is 82. The number of aliphatic hydroxyl groups excluding tert-OH is 1. The van der Waals surface area contributed by atoms with Gasteiger partial charge in [-0.05, 0) is 31.6 Å². The second-order valence-corrected chi connectivity index (χ2v) is 32.7. The molecule has 0 heterocycles. The molecule has 0 saturated heterocycles. The number of unbranched alkanes of at least 4 members (excludes halogenated alkanes) is 53. The number of carbonyl (C=O) groups excluding carboxylic acids is 4. The van der Waals surface area contributed by atoms with E-state index in [1.165, 1.54) is 263 Å². The van der Waals surface area contributed by atoms with Crippen molar-refractivity contribution in [2.24, 2.45) is 5.92 Å². The minimum absolute atomic E-state index is 0.104. The van der Waals surface area contributed by atoms with E-state index in [4.69, 9.17) is 37.0 Å². The van der Waals surface area contributed by atoms with Crippen LogP contribution in [0, 0.1) is 5.92 Å². The zero-order chi connectivity index (χ0) is 74.1. The summed E-state index contributed by atoms with van der Waals surface area (Å²) in [6.07, 6.45) is 66.9. The van der Waals surface area contributed by atoms with Crippen LogP contribution in [0.3, 0.4) is 0 Å². The molecule has 0 bridgehead atoms. The molecule has 0 saturated carbocycles. The highest BCUT2D eigenvalue weighted by molar-refractivity contribution is 7.47. The van der Waals surface area contributed by atoms with Crippen LogP contribution in [0.2, 0.25) is 0 Å². The third kappa shape index (κ3) is 74.7. The van der Waals surface area contributed by atoms with E-state index >= 15 is 0 Å². The smallest absolute Gasteiger partial charge is 0.462 e. The van der Waals surface area contributed by atoms with Crippen LogP contribution in [-0.4, -0.2) is 96.7 Å². The molecule has 0 aliphatic heterocycles. The lowest BCUT2D eigenvalue weighted by molar-refractivity contribution is -0.161. The Kier molecular flexibility index (Phi) is 73.5. The number of carbonyl (C=O) groups is 4. The Morgan fingerprint density at radius 3 is 0.703 bits per heavy atom. The van der Waals surface area contributed by atoms with Gasteiger partial charge in [0, 0.05) is 25.7 Å². The minimum atomic E-state index is -4.96. The van der Waals surface area contributed by atoms with E-state index in [-0.39, 0.29) is 25.7 Å². The molecular weight excluding hydrogens is 1320 g/mol. The van der Waals surface area contributed by atoms with Gasteiger partial charge in [0.1, 0.15) is 19.3 Å². The average molecular weight is 1480 g/mol. The maximum atomic E-state index is 13.1. The molecule has 0 aliphatic carbocycles. The Bertz CT molecular complexity index is 1930. The molecule has 0 fully saturated rings. The van der Waals surface area contributed by atoms with E-state index in [2.05, 4.69) is 34.6 Å². The van der Waals surface area contributed by atoms with Crippen molar-refractivity contribution in [3.05, 3.63) is 0 Å². The molecule has 0 aromatic carbocycles. The molecule has 0 aromatic rings. The number of aliphatic hydroxyl groups is 1. The Morgan fingerprint density at radius 2 is 0.475 bits per heavy atom. The maximum absolute atomic E-state index is 13.1. The molecule has 101 heavy (non-hydrogen) atoms. The molecular formula is C82H160O17P2. The molecule has 17 nitrogen and oxygen atoms in total. The Balaban J connectivity index is 5.18. The van der Waals surface area contributed by atoms with Crippen LogP contribution in [-0.2, 0) is 65.4 Å². The molecule has 0 aliphatic rings. The fourth-order valence-electron chi connectivity index (χ4n) is 12.7. The lowest BCUT2D eigenvalue weighted by Crippen LogP contribution is -2.30. The first-order chi connectivity index (χ1) is 49.1. The third-order valence-electron chi connectivity index (χ3n) is 19.6. The normalized spacial score (nSPS) is 14.1. The summed E-state index contributed by atoms with van der Waals surface area (Å²) in [6.45, 7) is 7.27. The van der Waals surface area contributed by atoms with Crippen LogP contribution in [0.5, 0.6) is 0 Å². The predicted octanol–water partition coefficient (Wildman–Crippen LogP) is 24.8. The van der Waals surface area contributed by atoms with Crippen molar-refractivity contribution in [3.63, 3.8) is 0 Å². The molecule has 3 unspecified atom stereocenters. The summed E-state index contributed by atoms with van der Waals surface area (Å²) in [5.41, 5.74) is 0. The van der Waals surface area contributed by atoms with Gasteiger partial charge < -0.3 is 33.8 Å². The van der Waals surface area contributed by atoms with Gasteiger partial charge in [0.05, 0.1) is 26.4 Å². The van der Waals surface area contributed by atoms with Gasteiger partial charge in [-0.25, -0.2) is 9.13 Å². The number of hydrogen-bond acceptors (Lipinski definition) is 15. The highest BCUT2D eigenvalue weighted by atomic mass is 31.2. The van der Waals surface area contributed by atoms with Gasteiger partial charge in [-0.2, -0.15) is 0 Å². The van der Waals surface area contributed by atoms with Gasteiger partial charge in [0.2, 0.25) is 0 Å².